The molecular formula is C17H18O3S. The van der Waals surface area contributed by atoms with Gasteiger partial charge in [-0.05, 0) is 28.8 Å². The fourth-order valence-electron chi connectivity index (χ4n) is 1.95. The molecule has 2 aromatic rings. The molecule has 0 amide bonds. The second-order valence-electron chi connectivity index (χ2n) is 4.61. The van der Waals surface area contributed by atoms with E-state index in [0.29, 0.717) is 6.42 Å². The van der Waals surface area contributed by atoms with Crippen LogP contribution in [0, 0.1) is 0 Å². The number of ether oxygens (including phenoxy) is 1. The fourth-order valence-corrected chi connectivity index (χ4v) is 2.88. The van der Waals surface area contributed by atoms with Crippen molar-refractivity contribution < 1.29 is 14.6 Å². The summed E-state index contributed by atoms with van der Waals surface area (Å²) in [5.74, 6) is 0.575. The molecule has 0 aliphatic rings. The van der Waals surface area contributed by atoms with E-state index in [0.717, 1.165) is 27.3 Å². The number of aliphatic hydroxyl groups is 1. The monoisotopic (exact) mass is 302 g/mol. The van der Waals surface area contributed by atoms with E-state index in [1.807, 2.05) is 48.5 Å². The lowest BCUT2D eigenvalue weighted by atomic mass is 10.1. The lowest BCUT2D eigenvalue weighted by molar-refractivity contribution is -0.139. The van der Waals surface area contributed by atoms with Crippen LogP contribution in [-0.2, 0) is 28.3 Å². The minimum atomic E-state index is -0.222. The average molecular weight is 302 g/mol. The highest BCUT2D eigenvalue weighted by atomic mass is 32.2. The van der Waals surface area contributed by atoms with Gasteiger partial charge < -0.3 is 9.84 Å². The molecule has 0 aliphatic carbocycles. The maximum Gasteiger partial charge on any atom is 0.309 e. The summed E-state index contributed by atoms with van der Waals surface area (Å²) < 4.78 is 4.73. The van der Waals surface area contributed by atoms with Gasteiger partial charge in [-0.1, -0.05) is 36.4 Å². The van der Waals surface area contributed by atoms with Crippen LogP contribution in [0.5, 0.6) is 0 Å². The van der Waals surface area contributed by atoms with Crippen LogP contribution >= 0.6 is 11.8 Å². The van der Waals surface area contributed by atoms with E-state index in [9.17, 15) is 4.79 Å². The van der Waals surface area contributed by atoms with Crippen LogP contribution in [0.25, 0.3) is 0 Å². The summed E-state index contributed by atoms with van der Waals surface area (Å²) in [6.45, 7) is 0.0624. The number of esters is 1. The zero-order chi connectivity index (χ0) is 15.1. The summed E-state index contributed by atoms with van der Waals surface area (Å²) in [6, 6.07) is 15.7. The van der Waals surface area contributed by atoms with Crippen molar-refractivity contribution in [3.8, 4) is 0 Å². The standard InChI is InChI=1S/C17H18O3S/c1-20-17(19)10-14-4-2-3-5-15(14)12-21-16-8-6-13(11-18)7-9-16/h2-9,18H,10-12H2,1H3. The van der Waals surface area contributed by atoms with Crippen LogP contribution in [0.3, 0.4) is 0 Å². The molecule has 110 valence electrons. The average Bonchev–Trinajstić information content (AvgIpc) is 2.54. The second kappa shape index (κ2) is 7.86. The molecule has 21 heavy (non-hydrogen) atoms. The van der Waals surface area contributed by atoms with Crippen LogP contribution < -0.4 is 0 Å². The Morgan fingerprint density at radius 2 is 1.76 bits per heavy atom. The van der Waals surface area contributed by atoms with Gasteiger partial charge in [-0.2, -0.15) is 0 Å². The zero-order valence-corrected chi connectivity index (χ0v) is 12.7. The summed E-state index contributed by atoms with van der Waals surface area (Å²) in [6.07, 6.45) is 0.302. The Balaban J connectivity index is 2.03. The first-order valence-electron chi connectivity index (χ1n) is 6.69. The smallest absolute Gasteiger partial charge is 0.309 e. The van der Waals surface area contributed by atoms with Gasteiger partial charge in [0, 0.05) is 10.6 Å². The zero-order valence-electron chi connectivity index (χ0n) is 11.9. The maximum atomic E-state index is 11.4. The molecule has 0 saturated carbocycles. The highest BCUT2D eigenvalue weighted by Crippen LogP contribution is 2.25. The van der Waals surface area contributed by atoms with Crippen molar-refractivity contribution in [3.05, 3.63) is 65.2 Å². The number of carbonyl (C=O) groups excluding carboxylic acids is 1. The van der Waals surface area contributed by atoms with Crippen molar-refractivity contribution in [2.45, 2.75) is 23.7 Å². The first-order chi connectivity index (χ1) is 10.2. The Bertz CT molecular complexity index is 593. The van der Waals surface area contributed by atoms with Crippen molar-refractivity contribution in [3.63, 3.8) is 0 Å². The quantitative estimate of drug-likeness (QED) is 0.657. The van der Waals surface area contributed by atoms with Gasteiger partial charge in [0.2, 0.25) is 0 Å². The number of rotatable bonds is 6. The van der Waals surface area contributed by atoms with E-state index in [1.54, 1.807) is 11.8 Å². The third-order valence-electron chi connectivity index (χ3n) is 3.18. The molecule has 0 saturated heterocycles. The molecule has 0 fully saturated rings. The van der Waals surface area contributed by atoms with Gasteiger partial charge in [0.25, 0.3) is 0 Å². The molecule has 0 atom stereocenters. The SMILES string of the molecule is COC(=O)Cc1ccccc1CSc1ccc(CO)cc1. The van der Waals surface area contributed by atoms with Gasteiger partial charge in [-0.15, -0.1) is 11.8 Å². The van der Waals surface area contributed by atoms with Gasteiger partial charge in [-0.25, -0.2) is 0 Å². The molecule has 2 rings (SSSR count). The van der Waals surface area contributed by atoms with E-state index in [-0.39, 0.29) is 12.6 Å². The first kappa shape index (κ1) is 15.6. The molecule has 0 heterocycles. The minimum absolute atomic E-state index is 0.0624. The minimum Gasteiger partial charge on any atom is -0.469 e. The first-order valence-corrected chi connectivity index (χ1v) is 7.67. The van der Waals surface area contributed by atoms with Crippen LogP contribution in [0.4, 0.5) is 0 Å². The normalized spacial score (nSPS) is 10.4. The second-order valence-corrected chi connectivity index (χ2v) is 5.66. The van der Waals surface area contributed by atoms with Crippen LogP contribution in [0.1, 0.15) is 16.7 Å². The Morgan fingerprint density at radius 1 is 1.10 bits per heavy atom. The number of thioether (sulfide) groups is 1. The van der Waals surface area contributed by atoms with E-state index in [1.165, 1.54) is 7.11 Å². The number of carbonyl (C=O) groups is 1. The van der Waals surface area contributed by atoms with Crippen molar-refractivity contribution in [2.75, 3.05) is 7.11 Å². The molecular weight excluding hydrogens is 284 g/mol. The van der Waals surface area contributed by atoms with Gasteiger partial charge in [0.15, 0.2) is 0 Å². The molecule has 0 aliphatic heterocycles. The summed E-state index contributed by atoms with van der Waals surface area (Å²) in [4.78, 5) is 12.6. The molecule has 0 unspecified atom stereocenters. The van der Waals surface area contributed by atoms with Crippen molar-refractivity contribution in [1.29, 1.82) is 0 Å². The van der Waals surface area contributed by atoms with Crippen LogP contribution in [-0.4, -0.2) is 18.2 Å². The summed E-state index contributed by atoms with van der Waals surface area (Å²) in [5.41, 5.74) is 3.05. The molecule has 4 heteroatoms. The molecule has 0 spiro atoms. The van der Waals surface area contributed by atoms with E-state index in [2.05, 4.69) is 0 Å². The number of aliphatic hydroxyl groups excluding tert-OH is 1. The largest absolute Gasteiger partial charge is 0.469 e. The lowest BCUT2D eigenvalue weighted by Gasteiger charge is -2.08. The molecule has 0 bridgehead atoms. The van der Waals surface area contributed by atoms with Crippen molar-refractivity contribution in [2.24, 2.45) is 0 Å². The predicted octanol–water partition coefficient (Wildman–Crippen LogP) is 3.19. The van der Waals surface area contributed by atoms with E-state index >= 15 is 0 Å². The Hall–Kier alpha value is -1.78. The Morgan fingerprint density at radius 3 is 2.38 bits per heavy atom. The van der Waals surface area contributed by atoms with Crippen LogP contribution in [0.2, 0.25) is 0 Å². The predicted molar refractivity (Wildman–Crippen MR) is 84.1 cm³/mol. The number of hydrogen-bond acceptors (Lipinski definition) is 4. The molecule has 0 aromatic heterocycles. The van der Waals surface area contributed by atoms with E-state index in [4.69, 9.17) is 9.84 Å². The number of benzene rings is 2. The number of hydrogen-bond donors (Lipinski definition) is 1. The maximum absolute atomic E-state index is 11.4. The summed E-state index contributed by atoms with van der Waals surface area (Å²) in [7, 11) is 1.41. The van der Waals surface area contributed by atoms with Gasteiger partial charge in [0.05, 0.1) is 20.1 Å². The van der Waals surface area contributed by atoms with Gasteiger partial charge in [-0.3, -0.25) is 4.79 Å². The third kappa shape index (κ3) is 4.62. The lowest BCUT2D eigenvalue weighted by Crippen LogP contribution is -2.06. The summed E-state index contributed by atoms with van der Waals surface area (Å²) >= 11 is 1.71. The molecule has 3 nitrogen and oxygen atoms in total. The van der Waals surface area contributed by atoms with Gasteiger partial charge >= 0.3 is 5.97 Å². The molecule has 1 N–H and O–H groups in total. The highest BCUT2D eigenvalue weighted by Gasteiger charge is 2.08. The fraction of sp³-hybridized carbons (Fsp3) is 0.235. The van der Waals surface area contributed by atoms with Crippen molar-refractivity contribution in [1.82, 2.24) is 0 Å². The van der Waals surface area contributed by atoms with Crippen molar-refractivity contribution >= 4 is 17.7 Å². The summed E-state index contributed by atoms with van der Waals surface area (Å²) in [5, 5.41) is 9.03. The van der Waals surface area contributed by atoms with E-state index < -0.39 is 0 Å². The topological polar surface area (TPSA) is 46.5 Å². The van der Waals surface area contributed by atoms with Gasteiger partial charge in [0.1, 0.15) is 0 Å². The van der Waals surface area contributed by atoms with Crippen LogP contribution in [0.15, 0.2) is 53.4 Å². The molecule has 2 aromatic carbocycles. The Kier molecular flexibility index (Phi) is 5.84. The Labute approximate surface area is 129 Å². The third-order valence-corrected chi connectivity index (χ3v) is 4.24. The highest BCUT2D eigenvalue weighted by molar-refractivity contribution is 7.98. The molecule has 0 radical (unpaired) electrons. The number of methoxy groups -OCH3 is 1.